The van der Waals surface area contributed by atoms with E-state index in [9.17, 15) is 4.79 Å². The molecule has 3 rings (SSSR count). The maximum absolute atomic E-state index is 12.0. The lowest BCUT2D eigenvalue weighted by atomic mass is 10.1. The molecule has 0 radical (unpaired) electrons. The number of anilines is 2. The van der Waals surface area contributed by atoms with E-state index in [0.717, 1.165) is 18.8 Å². The molecule has 0 bridgehead atoms. The molecule has 0 spiro atoms. The largest absolute Gasteiger partial charge is 0.372 e. The van der Waals surface area contributed by atoms with Crippen LogP contribution in [-0.4, -0.2) is 29.2 Å². The van der Waals surface area contributed by atoms with Crippen molar-refractivity contribution in [2.24, 2.45) is 0 Å². The molecule has 1 fully saturated rings. The lowest BCUT2D eigenvalue weighted by molar-refractivity contribution is 0.102. The number of carbonyl (C=O) groups excluding carboxylic acids is 1. The van der Waals surface area contributed by atoms with Gasteiger partial charge >= 0.3 is 0 Å². The second kappa shape index (κ2) is 6.35. The van der Waals surface area contributed by atoms with Crippen LogP contribution in [-0.2, 0) is 0 Å². The van der Waals surface area contributed by atoms with Crippen molar-refractivity contribution >= 4 is 17.3 Å². The summed E-state index contributed by atoms with van der Waals surface area (Å²) >= 11 is 0. The Labute approximate surface area is 124 Å². The Morgan fingerprint density at radius 2 is 1.81 bits per heavy atom. The van der Waals surface area contributed by atoms with E-state index in [1.54, 1.807) is 18.3 Å². The number of carbonyl (C=O) groups is 1. The highest BCUT2D eigenvalue weighted by Gasteiger charge is 2.11. The van der Waals surface area contributed by atoms with Crippen LogP contribution in [0.4, 0.5) is 11.4 Å². The molecule has 2 aromatic rings. The van der Waals surface area contributed by atoms with Gasteiger partial charge in [-0.2, -0.15) is 5.10 Å². The first-order valence-electron chi connectivity index (χ1n) is 7.27. The summed E-state index contributed by atoms with van der Waals surface area (Å²) in [6.07, 6.45) is 5.38. The van der Waals surface area contributed by atoms with Crippen molar-refractivity contribution in [3.8, 4) is 0 Å². The van der Waals surface area contributed by atoms with E-state index in [-0.39, 0.29) is 5.91 Å². The van der Waals surface area contributed by atoms with Crippen molar-refractivity contribution in [3.63, 3.8) is 0 Å². The van der Waals surface area contributed by atoms with Gasteiger partial charge in [0.05, 0.1) is 0 Å². The zero-order chi connectivity index (χ0) is 14.5. The first-order valence-corrected chi connectivity index (χ1v) is 7.27. The lowest BCUT2D eigenvalue weighted by Crippen LogP contribution is -2.29. The number of hydrogen-bond donors (Lipinski definition) is 1. The second-order valence-corrected chi connectivity index (χ2v) is 5.16. The lowest BCUT2D eigenvalue weighted by Gasteiger charge is -2.28. The van der Waals surface area contributed by atoms with Crippen molar-refractivity contribution < 1.29 is 4.79 Å². The molecule has 1 N–H and O–H groups in total. The molecule has 1 amide bonds. The fourth-order valence-corrected chi connectivity index (χ4v) is 2.53. The van der Waals surface area contributed by atoms with Gasteiger partial charge in [0.2, 0.25) is 0 Å². The van der Waals surface area contributed by atoms with Crippen molar-refractivity contribution in [3.05, 3.63) is 48.3 Å². The van der Waals surface area contributed by atoms with Gasteiger partial charge in [-0.05, 0) is 55.7 Å². The molecule has 21 heavy (non-hydrogen) atoms. The van der Waals surface area contributed by atoms with E-state index in [0.29, 0.717) is 5.69 Å². The molecule has 0 saturated carbocycles. The number of benzene rings is 1. The Morgan fingerprint density at radius 1 is 1.05 bits per heavy atom. The molecule has 1 aromatic heterocycles. The Morgan fingerprint density at radius 3 is 2.48 bits per heavy atom. The minimum atomic E-state index is -0.242. The van der Waals surface area contributed by atoms with E-state index < -0.39 is 0 Å². The van der Waals surface area contributed by atoms with E-state index in [2.05, 4.69) is 32.5 Å². The maximum Gasteiger partial charge on any atom is 0.276 e. The van der Waals surface area contributed by atoms with E-state index in [1.165, 1.54) is 24.9 Å². The third-order valence-electron chi connectivity index (χ3n) is 3.65. The Balaban J connectivity index is 1.65. The van der Waals surface area contributed by atoms with Gasteiger partial charge < -0.3 is 10.2 Å². The summed E-state index contributed by atoms with van der Waals surface area (Å²) in [5.74, 6) is -0.242. The van der Waals surface area contributed by atoms with Crippen molar-refractivity contribution in [1.82, 2.24) is 10.2 Å². The first-order chi connectivity index (χ1) is 10.3. The molecule has 2 heterocycles. The average Bonchev–Trinajstić information content (AvgIpc) is 2.57. The van der Waals surface area contributed by atoms with E-state index in [4.69, 9.17) is 0 Å². The number of nitrogens with one attached hydrogen (secondary N) is 1. The number of aromatic nitrogens is 2. The van der Waals surface area contributed by atoms with Crippen LogP contribution < -0.4 is 10.2 Å². The Kier molecular flexibility index (Phi) is 4.09. The zero-order valence-corrected chi connectivity index (χ0v) is 11.8. The van der Waals surface area contributed by atoms with Crippen LogP contribution in [0, 0.1) is 0 Å². The summed E-state index contributed by atoms with van der Waals surface area (Å²) < 4.78 is 0. The molecule has 5 nitrogen and oxygen atoms in total. The van der Waals surface area contributed by atoms with Crippen LogP contribution in [0.25, 0.3) is 0 Å². The highest BCUT2D eigenvalue weighted by atomic mass is 16.1. The number of hydrogen-bond acceptors (Lipinski definition) is 4. The molecule has 1 aromatic carbocycles. The summed E-state index contributed by atoms with van der Waals surface area (Å²) in [5.41, 5.74) is 2.30. The standard InChI is InChI=1S/C16H18N4O/c21-16(15-5-4-10-17-19-15)18-13-6-8-14(9-7-13)20-11-2-1-3-12-20/h4-10H,1-3,11-12H2,(H,18,21). The van der Waals surface area contributed by atoms with Gasteiger partial charge in [-0.25, -0.2) is 0 Å². The van der Waals surface area contributed by atoms with Crippen LogP contribution in [0.1, 0.15) is 29.8 Å². The van der Waals surface area contributed by atoms with Gasteiger partial charge in [0, 0.05) is 30.7 Å². The van der Waals surface area contributed by atoms with Gasteiger partial charge in [0.1, 0.15) is 0 Å². The van der Waals surface area contributed by atoms with Crippen LogP contribution in [0.5, 0.6) is 0 Å². The van der Waals surface area contributed by atoms with Crippen molar-refractivity contribution in [2.45, 2.75) is 19.3 Å². The molecule has 5 heteroatoms. The third kappa shape index (κ3) is 3.37. The summed E-state index contributed by atoms with van der Waals surface area (Å²) in [6.45, 7) is 2.23. The van der Waals surface area contributed by atoms with Gasteiger partial charge in [-0.1, -0.05) is 0 Å². The van der Waals surface area contributed by atoms with E-state index >= 15 is 0 Å². The summed E-state index contributed by atoms with van der Waals surface area (Å²) in [4.78, 5) is 14.4. The molecular weight excluding hydrogens is 264 g/mol. The molecule has 0 aliphatic carbocycles. The normalized spacial score (nSPS) is 14.8. The highest BCUT2D eigenvalue weighted by molar-refractivity contribution is 6.02. The molecular formula is C16H18N4O. The SMILES string of the molecule is O=C(Nc1ccc(N2CCCCC2)cc1)c1cccnn1. The first kappa shape index (κ1) is 13.5. The van der Waals surface area contributed by atoms with Gasteiger partial charge in [-0.3, -0.25) is 4.79 Å². The quantitative estimate of drug-likeness (QED) is 0.940. The number of nitrogens with zero attached hydrogens (tertiary/aromatic N) is 3. The van der Waals surface area contributed by atoms with Crippen LogP contribution in [0.15, 0.2) is 42.6 Å². The number of amides is 1. The van der Waals surface area contributed by atoms with Crippen LogP contribution in [0.2, 0.25) is 0 Å². The van der Waals surface area contributed by atoms with Crippen LogP contribution >= 0.6 is 0 Å². The zero-order valence-electron chi connectivity index (χ0n) is 11.8. The molecule has 1 aliphatic heterocycles. The topological polar surface area (TPSA) is 58.1 Å². The minimum Gasteiger partial charge on any atom is -0.372 e. The number of piperidine rings is 1. The predicted molar refractivity (Wildman–Crippen MR) is 82.5 cm³/mol. The highest BCUT2D eigenvalue weighted by Crippen LogP contribution is 2.21. The molecule has 0 unspecified atom stereocenters. The average molecular weight is 282 g/mol. The Bertz CT molecular complexity index is 591. The van der Waals surface area contributed by atoms with E-state index in [1.807, 2.05) is 12.1 Å². The Hall–Kier alpha value is -2.43. The smallest absolute Gasteiger partial charge is 0.276 e. The minimum absolute atomic E-state index is 0.242. The molecule has 1 saturated heterocycles. The molecule has 0 atom stereocenters. The van der Waals surface area contributed by atoms with Gasteiger partial charge in [-0.15, -0.1) is 5.10 Å². The number of rotatable bonds is 3. The fourth-order valence-electron chi connectivity index (χ4n) is 2.53. The summed E-state index contributed by atoms with van der Waals surface area (Å²) in [5, 5.41) is 10.3. The van der Waals surface area contributed by atoms with Gasteiger partial charge in [0.15, 0.2) is 5.69 Å². The monoisotopic (exact) mass is 282 g/mol. The van der Waals surface area contributed by atoms with Crippen molar-refractivity contribution in [2.75, 3.05) is 23.3 Å². The summed E-state index contributed by atoms with van der Waals surface area (Å²) in [7, 11) is 0. The third-order valence-corrected chi connectivity index (χ3v) is 3.65. The van der Waals surface area contributed by atoms with Crippen molar-refractivity contribution in [1.29, 1.82) is 0 Å². The maximum atomic E-state index is 12.0. The molecule has 1 aliphatic rings. The summed E-state index contributed by atoms with van der Waals surface area (Å²) in [6, 6.07) is 11.3. The fraction of sp³-hybridized carbons (Fsp3) is 0.312. The second-order valence-electron chi connectivity index (χ2n) is 5.16. The predicted octanol–water partition coefficient (Wildman–Crippen LogP) is 2.72. The van der Waals surface area contributed by atoms with Gasteiger partial charge in [0.25, 0.3) is 5.91 Å². The van der Waals surface area contributed by atoms with Crippen LogP contribution in [0.3, 0.4) is 0 Å². The molecule has 108 valence electrons.